The summed E-state index contributed by atoms with van der Waals surface area (Å²) < 4.78 is 28.6. The molecule has 1 heterocycles. The predicted octanol–water partition coefficient (Wildman–Crippen LogP) is 3.74. The van der Waals surface area contributed by atoms with Crippen LogP contribution in [0.4, 0.5) is 0 Å². The summed E-state index contributed by atoms with van der Waals surface area (Å²) in [5.74, 6) is 0.435. The maximum atomic E-state index is 13.1. The highest BCUT2D eigenvalue weighted by Crippen LogP contribution is 2.31. The minimum atomic E-state index is -3.13. The van der Waals surface area contributed by atoms with Crippen molar-refractivity contribution in [1.29, 1.82) is 0 Å². The van der Waals surface area contributed by atoms with Gasteiger partial charge in [-0.1, -0.05) is 35.9 Å². The molecule has 0 atom stereocenters. The first-order chi connectivity index (χ1) is 14.3. The molecule has 1 amide bonds. The highest BCUT2D eigenvalue weighted by Gasteiger charge is 2.34. The van der Waals surface area contributed by atoms with E-state index in [9.17, 15) is 13.2 Å². The van der Waals surface area contributed by atoms with Gasteiger partial charge >= 0.3 is 0 Å². The number of carbonyl (C=O) groups is 1. The molecule has 1 aromatic heterocycles. The maximum Gasteiger partial charge on any atom is 0.254 e. The molecule has 0 bridgehead atoms. The van der Waals surface area contributed by atoms with Crippen LogP contribution in [0.25, 0.3) is 11.5 Å². The quantitative estimate of drug-likeness (QED) is 0.550. The van der Waals surface area contributed by atoms with E-state index in [1.165, 1.54) is 6.26 Å². The van der Waals surface area contributed by atoms with Gasteiger partial charge in [0.15, 0.2) is 9.84 Å². The number of hydrogen-bond donors (Lipinski definition) is 0. The van der Waals surface area contributed by atoms with Gasteiger partial charge in [-0.25, -0.2) is 8.42 Å². The Morgan fingerprint density at radius 3 is 2.47 bits per heavy atom. The molecule has 1 fully saturated rings. The summed E-state index contributed by atoms with van der Waals surface area (Å²) in [6.07, 6.45) is 3.02. The summed E-state index contributed by atoms with van der Waals surface area (Å²) in [4.78, 5) is 14.8. The van der Waals surface area contributed by atoms with E-state index in [2.05, 4.69) is 10.2 Å². The van der Waals surface area contributed by atoms with Crippen LogP contribution in [0.15, 0.2) is 52.9 Å². The highest BCUT2D eigenvalue weighted by molar-refractivity contribution is 7.89. The van der Waals surface area contributed by atoms with Crippen molar-refractivity contribution >= 4 is 27.3 Å². The largest absolute Gasteiger partial charge is 0.419 e. The van der Waals surface area contributed by atoms with E-state index in [1.54, 1.807) is 41.3 Å². The molecule has 7 nitrogen and oxygen atoms in total. The number of carbonyl (C=O) groups excluding carboxylic acids is 1. The van der Waals surface area contributed by atoms with Crippen LogP contribution in [-0.4, -0.2) is 41.7 Å². The van der Waals surface area contributed by atoms with Gasteiger partial charge in [-0.2, -0.15) is 0 Å². The van der Waals surface area contributed by atoms with Crippen LogP contribution in [0.5, 0.6) is 0 Å². The number of aromatic nitrogens is 2. The second kappa shape index (κ2) is 8.20. The Morgan fingerprint density at radius 2 is 1.83 bits per heavy atom. The zero-order chi connectivity index (χ0) is 21.3. The van der Waals surface area contributed by atoms with Crippen LogP contribution in [-0.2, 0) is 22.1 Å². The SMILES string of the molecule is CS(=O)(=O)Cc1ccc(C(=O)N(Cc2nnc(-c3ccccc3Cl)o2)C2CC2)cc1. The number of rotatable bonds is 7. The molecule has 0 aliphatic heterocycles. The molecule has 1 aliphatic rings. The van der Waals surface area contributed by atoms with E-state index in [-0.39, 0.29) is 24.2 Å². The van der Waals surface area contributed by atoms with Gasteiger partial charge in [0.2, 0.25) is 11.8 Å². The normalized spacial score (nSPS) is 13.9. The molecule has 0 unspecified atom stereocenters. The molecule has 0 spiro atoms. The van der Waals surface area contributed by atoms with Gasteiger partial charge in [0.05, 0.1) is 22.9 Å². The Labute approximate surface area is 179 Å². The fourth-order valence-corrected chi connectivity index (χ4v) is 4.19. The van der Waals surface area contributed by atoms with Crippen molar-refractivity contribution in [2.45, 2.75) is 31.2 Å². The first kappa shape index (κ1) is 20.6. The lowest BCUT2D eigenvalue weighted by atomic mass is 10.1. The maximum absolute atomic E-state index is 13.1. The summed E-state index contributed by atoms with van der Waals surface area (Å²) >= 11 is 6.19. The van der Waals surface area contributed by atoms with Crippen molar-refractivity contribution in [3.63, 3.8) is 0 Å². The number of amides is 1. The zero-order valence-corrected chi connectivity index (χ0v) is 17.9. The van der Waals surface area contributed by atoms with Gasteiger partial charge in [0.1, 0.15) is 0 Å². The van der Waals surface area contributed by atoms with E-state index in [4.69, 9.17) is 16.0 Å². The minimum absolute atomic E-state index is 0.0549. The van der Waals surface area contributed by atoms with Gasteiger partial charge in [-0.3, -0.25) is 4.79 Å². The van der Waals surface area contributed by atoms with Crippen LogP contribution in [0, 0.1) is 0 Å². The van der Waals surface area contributed by atoms with Gasteiger partial charge in [0, 0.05) is 17.9 Å². The molecule has 4 rings (SSSR count). The van der Waals surface area contributed by atoms with E-state index in [0.717, 1.165) is 12.8 Å². The van der Waals surface area contributed by atoms with Crippen molar-refractivity contribution < 1.29 is 17.6 Å². The Bertz CT molecular complexity index is 1170. The second-order valence-electron chi connectivity index (χ2n) is 7.41. The molecule has 30 heavy (non-hydrogen) atoms. The molecule has 0 saturated heterocycles. The van der Waals surface area contributed by atoms with E-state index < -0.39 is 9.84 Å². The molecule has 0 N–H and O–H groups in total. The van der Waals surface area contributed by atoms with Crippen molar-refractivity contribution in [1.82, 2.24) is 15.1 Å². The lowest BCUT2D eigenvalue weighted by Gasteiger charge is -2.20. The third-order valence-corrected chi connectivity index (χ3v) is 5.94. The Hall–Kier alpha value is -2.71. The Kier molecular flexibility index (Phi) is 5.62. The van der Waals surface area contributed by atoms with E-state index in [0.29, 0.717) is 33.5 Å². The lowest BCUT2D eigenvalue weighted by molar-refractivity contribution is 0.0714. The van der Waals surface area contributed by atoms with Gasteiger partial charge in [-0.15, -0.1) is 10.2 Å². The van der Waals surface area contributed by atoms with Crippen molar-refractivity contribution in [3.8, 4) is 11.5 Å². The van der Waals surface area contributed by atoms with Crippen LogP contribution in [0.2, 0.25) is 5.02 Å². The summed E-state index contributed by atoms with van der Waals surface area (Å²) in [6.45, 7) is 0.200. The molecular formula is C21H20ClN3O4S. The standard InChI is InChI=1S/C21H20ClN3O4S/c1-30(27,28)13-14-6-8-15(9-7-14)21(26)25(16-10-11-16)12-19-23-24-20(29-19)17-4-2-3-5-18(17)22/h2-9,16H,10-13H2,1H3. The summed E-state index contributed by atoms with van der Waals surface area (Å²) in [7, 11) is -3.13. The van der Waals surface area contributed by atoms with Crippen molar-refractivity contribution in [2.75, 3.05) is 6.26 Å². The average Bonchev–Trinajstić information content (AvgIpc) is 3.43. The lowest BCUT2D eigenvalue weighted by Crippen LogP contribution is -2.32. The molecule has 9 heteroatoms. The zero-order valence-electron chi connectivity index (χ0n) is 16.3. The van der Waals surface area contributed by atoms with Gasteiger partial charge in [0.25, 0.3) is 5.91 Å². The van der Waals surface area contributed by atoms with Crippen molar-refractivity contribution in [3.05, 3.63) is 70.6 Å². The molecule has 3 aromatic rings. The Balaban J connectivity index is 1.51. The highest BCUT2D eigenvalue weighted by atomic mass is 35.5. The predicted molar refractivity (Wildman–Crippen MR) is 113 cm³/mol. The number of sulfone groups is 1. The molecule has 0 radical (unpaired) electrons. The topological polar surface area (TPSA) is 93.4 Å². The van der Waals surface area contributed by atoms with E-state index in [1.807, 2.05) is 12.1 Å². The van der Waals surface area contributed by atoms with Crippen LogP contribution < -0.4 is 0 Å². The molecule has 1 saturated carbocycles. The number of benzene rings is 2. The fourth-order valence-electron chi connectivity index (χ4n) is 3.17. The molecular weight excluding hydrogens is 426 g/mol. The fraction of sp³-hybridized carbons (Fsp3) is 0.286. The third-order valence-electron chi connectivity index (χ3n) is 4.75. The third kappa shape index (κ3) is 4.88. The van der Waals surface area contributed by atoms with Crippen molar-refractivity contribution in [2.24, 2.45) is 0 Å². The Morgan fingerprint density at radius 1 is 1.13 bits per heavy atom. The summed E-state index contributed by atoms with van der Waals surface area (Å²) in [5, 5.41) is 8.65. The number of hydrogen-bond acceptors (Lipinski definition) is 6. The molecule has 1 aliphatic carbocycles. The minimum Gasteiger partial charge on any atom is -0.419 e. The summed E-state index contributed by atoms with van der Waals surface area (Å²) in [5.41, 5.74) is 1.78. The van der Waals surface area contributed by atoms with Gasteiger partial charge < -0.3 is 9.32 Å². The van der Waals surface area contributed by atoms with Crippen LogP contribution >= 0.6 is 11.6 Å². The van der Waals surface area contributed by atoms with Crippen LogP contribution in [0.3, 0.4) is 0 Å². The van der Waals surface area contributed by atoms with Crippen LogP contribution in [0.1, 0.15) is 34.7 Å². The second-order valence-corrected chi connectivity index (χ2v) is 9.96. The number of halogens is 1. The monoisotopic (exact) mass is 445 g/mol. The average molecular weight is 446 g/mol. The van der Waals surface area contributed by atoms with E-state index >= 15 is 0 Å². The van der Waals surface area contributed by atoms with Gasteiger partial charge in [-0.05, 0) is 42.7 Å². The first-order valence-corrected chi connectivity index (χ1v) is 11.9. The number of nitrogens with zero attached hydrogens (tertiary/aromatic N) is 3. The first-order valence-electron chi connectivity index (χ1n) is 9.45. The molecule has 156 valence electrons. The smallest absolute Gasteiger partial charge is 0.254 e. The molecule has 2 aromatic carbocycles. The summed E-state index contributed by atoms with van der Waals surface area (Å²) in [6, 6.07) is 14.0.